The highest BCUT2D eigenvalue weighted by Crippen LogP contribution is 2.25. The van der Waals surface area contributed by atoms with Gasteiger partial charge in [-0.25, -0.2) is 0 Å². The van der Waals surface area contributed by atoms with E-state index < -0.39 is 0 Å². The van der Waals surface area contributed by atoms with Gasteiger partial charge in [-0.05, 0) is 32.1 Å². The molecule has 1 N–H and O–H groups in total. The van der Waals surface area contributed by atoms with Crippen LogP contribution < -0.4 is 5.32 Å². The Morgan fingerprint density at radius 1 is 1.39 bits per heavy atom. The molecule has 0 spiro atoms. The summed E-state index contributed by atoms with van der Waals surface area (Å²) in [6.45, 7) is 2.95. The zero-order valence-electron chi connectivity index (χ0n) is 13.6. The van der Waals surface area contributed by atoms with Crippen molar-refractivity contribution in [2.24, 2.45) is 0 Å². The van der Waals surface area contributed by atoms with Crippen molar-refractivity contribution < 1.29 is 9.59 Å². The number of carbonyl (C=O) groups excluding carboxylic acids is 2. The number of likely N-dealkylation sites (tertiary alicyclic amines) is 1. The lowest BCUT2D eigenvalue weighted by Gasteiger charge is -2.19. The van der Waals surface area contributed by atoms with E-state index in [1.807, 2.05) is 15.8 Å². The van der Waals surface area contributed by atoms with Crippen molar-refractivity contribution in [3.05, 3.63) is 23.9 Å². The summed E-state index contributed by atoms with van der Waals surface area (Å²) in [5.74, 6) is 0.670. The average Bonchev–Trinajstić information content (AvgIpc) is 3.16. The van der Waals surface area contributed by atoms with Crippen LogP contribution in [0, 0.1) is 0 Å². The van der Waals surface area contributed by atoms with Crippen molar-refractivity contribution >= 4 is 17.6 Å². The lowest BCUT2D eigenvalue weighted by molar-refractivity contribution is -0.129. The zero-order valence-corrected chi connectivity index (χ0v) is 13.6. The molecule has 124 valence electrons. The highest BCUT2D eigenvalue weighted by atomic mass is 16.2. The third kappa shape index (κ3) is 4.00. The Hall–Kier alpha value is -2.11. The van der Waals surface area contributed by atoms with Crippen molar-refractivity contribution in [2.45, 2.75) is 51.5 Å². The maximum atomic E-state index is 12.4. The number of nitrogens with one attached hydrogen (secondary N) is 1. The topological polar surface area (TPSA) is 67.2 Å². The first-order valence-corrected chi connectivity index (χ1v) is 8.40. The molecule has 1 aromatic rings. The SMILES string of the molecule is CC(=O)Nc1ccn(C2CCN(C(=O)CC3=CCCCC3)C2)n1. The molecule has 2 amide bonds. The third-order valence-corrected chi connectivity index (χ3v) is 4.57. The van der Waals surface area contributed by atoms with E-state index in [1.165, 1.54) is 25.3 Å². The van der Waals surface area contributed by atoms with Gasteiger partial charge in [0, 0.05) is 38.7 Å². The van der Waals surface area contributed by atoms with Gasteiger partial charge in [0.1, 0.15) is 0 Å². The number of rotatable bonds is 4. The lowest BCUT2D eigenvalue weighted by Crippen LogP contribution is -2.29. The summed E-state index contributed by atoms with van der Waals surface area (Å²) in [5.41, 5.74) is 1.30. The summed E-state index contributed by atoms with van der Waals surface area (Å²) in [6.07, 6.45) is 10.2. The minimum absolute atomic E-state index is 0.126. The number of amides is 2. The van der Waals surface area contributed by atoms with Crippen LogP contribution in [0.2, 0.25) is 0 Å². The molecule has 3 rings (SSSR count). The van der Waals surface area contributed by atoms with Gasteiger partial charge in [-0.2, -0.15) is 5.10 Å². The number of allylic oxidation sites excluding steroid dienone is 1. The molecule has 1 aromatic heterocycles. The third-order valence-electron chi connectivity index (χ3n) is 4.57. The van der Waals surface area contributed by atoms with E-state index in [0.717, 1.165) is 25.8 Å². The van der Waals surface area contributed by atoms with E-state index in [2.05, 4.69) is 16.5 Å². The second kappa shape index (κ2) is 6.98. The number of hydrogen-bond acceptors (Lipinski definition) is 3. The van der Waals surface area contributed by atoms with Gasteiger partial charge < -0.3 is 10.2 Å². The van der Waals surface area contributed by atoms with Gasteiger partial charge in [0.15, 0.2) is 5.82 Å². The Morgan fingerprint density at radius 3 is 3.00 bits per heavy atom. The molecule has 1 fully saturated rings. The Morgan fingerprint density at radius 2 is 2.26 bits per heavy atom. The van der Waals surface area contributed by atoms with Crippen LogP contribution in [-0.2, 0) is 9.59 Å². The van der Waals surface area contributed by atoms with E-state index in [0.29, 0.717) is 18.8 Å². The minimum Gasteiger partial charge on any atom is -0.340 e. The molecule has 6 heteroatoms. The van der Waals surface area contributed by atoms with E-state index in [-0.39, 0.29) is 17.9 Å². The van der Waals surface area contributed by atoms with Crippen LogP contribution in [0.1, 0.15) is 51.5 Å². The van der Waals surface area contributed by atoms with Gasteiger partial charge in [0.25, 0.3) is 0 Å². The quantitative estimate of drug-likeness (QED) is 0.868. The molecule has 0 bridgehead atoms. The molecule has 0 aromatic carbocycles. The van der Waals surface area contributed by atoms with Crippen LogP contribution in [0.25, 0.3) is 0 Å². The van der Waals surface area contributed by atoms with Crippen molar-refractivity contribution in [3.8, 4) is 0 Å². The molecule has 0 saturated carbocycles. The predicted molar refractivity (Wildman–Crippen MR) is 87.9 cm³/mol. The zero-order chi connectivity index (χ0) is 16.2. The fourth-order valence-corrected chi connectivity index (χ4v) is 3.34. The highest BCUT2D eigenvalue weighted by Gasteiger charge is 2.28. The standard InChI is InChI=1S/C17H24N4O2/c1-13(22)18-16-8-10-21(19-16)15-7-9-20(12-15)17(23)11-14-5-3-2-4-6-14/h5,8,10,15H,2-4,6-7,9,11-12H2,1H3,(H,18,19,22). The maximum absolute atomic E-state index is 12.4. The van der Waals surface area contributed by atoms with Crippen LogP contribution in [0.3, 0.4) is 0 Å². The molecule has 1 saturated heterocycles. The Kier molecular flexibility index (Phi) is 4.79. The molecule has 6 nitrogen and oxygen atoms in total. The van der Waals surface area contributed by atoms with Crippen LogP contribution in [0.15, 0.2) is 23.9 Å². The first-order valence-electron chi connectivity index (χ1n) is 8.40. The minimum atomic E-state index is -0.126. The molecule has 2 aliphatic rings. The molecular formula is C17H24N4O2. The van der Waals surface area contributed by atoms with Crippen LogP contribution in [-0.4, -0.2) is 39.6 Å². The van der Waals surface area contributed by atoms with Gasteiger partial charge in [-0.3, -0.25) is 14.3 Å². The molecule has 1 aliphatic heterocycles. The molecule has 0 radical (unpaired) electrons. The van der Waals surface area contributed by atoms with E-state index in [4.69, 9.17) is 0 Å². The van der Waals surface area contributed by atoms with Crippen molar-refractivity contribution in [2.75, 3.05) is 18.4 Å². The van der Waals surface area contributed by atoms with Crippen molar-refractivity contribution in [1.29, 1.82) is 0 Å². The van der Waals surface area contributed by atoms with E-state index in [1.54, 1.807) is 6.07 Å². The normalized spacial score (nSPS) is 21.2. The van der Waals surface area contributed by atoms with Gasteiger partial charge >= 0.3 is 0 Å². The van der Waals surface area contributed by atoms with Crippen molar-refractivity contribution in [3.63, 3.8) is 0 Å². The van der Waals surface area contributed by atoms with Gasteiger partial charge in [0.2, 0.25) is 11.8 Å². The Labute approximate surface area is 136 Å². The van der Waals surface area contributed by atoms with E-state index in [9.17, 15) is 9.59 Å². The first-order chi connectivity index (χ1) is 11.1. The molecule has 1 unspecified atom stereocenters. The van der Waals surface area contributed by atoms with E-state index >= 15 is 0 Å². The lowest BCUT2D eigenvalue weighted by atomic mass is 9.97. The number of anilines is 1. The van der Waals surface area contributed by atoms with Crippen LogP contribution >= 0.6 is 0 Å². The summed E-state index contributed by atoms with van der Waals surface area (Å²) >= 11 is 0. The fraction of sp³-hybridized carbons (Fsp3) is 0.588. The maximum Gasteiger partial charge on any atom is 0.226 e. The number of carbonyl (C=O) groups is 2. The monoisotopic (exact) mass is 316 g/mol. The molecule has 1 atom stereocenters. The number of aromatic nitrogens is 2. The molecule has 2 heterocycles. The second-order valence-electron chi connectivity index (χ2n) is 6.43. The Balaban J connectivity index is 1.55. The molecular weight excluding hydrogens is 292 g/mol. The molecule has 23 heavy (non-hydrogen) atoms. The summed E-state index contributed by atoms with van der Waals surface area (Å²) in [5, 5.41) is 7.06. The van der Waals surface area contributed by atoms with Crippen molar-refractivity contribution in [1.82, 2.24) is 14.7 Å². The van der Waals surface area contributed by atoms with Crippen LogP contribution in [0.5, 0.6) is 0 Å². The summed E-state index contributed by atoms with van der Waals surface area (Å²) in [6, 6.07) is 1.99. The second-order valence-corrected chi connectivity index (χ2v) is 6.43. The number of hydrogen-bond donors (Lipinski definition) is 1. The van der Waals surface area contributed by atoms with Gasteiger partial charge in [-0.15, -0.1) is 0 Å². The Bertz CT molecular complexity index is 620. The van der Waals surface area contributed by atoms with Gasteiger partial charge in [-0.1, -0.05) is 11.6 Å². The molecule has 1 aliphatic carbocycles. The smallest absolute Gasteiger partial charge is 0.226 e. The predicted octanol–water partition coefficient (Wildman–Crippen LogP) is 2.51. The van der Waals surface area contributed by atoms with Gasteiger partial charge in [0.05, 0.1) is 6.04 Å². The summed E-state index contributed by atoms with van der Waals surface area (Å²) in [4.78, 5) is 25.4. The summed E-state index contributed by atoms with van der Waals surface area (Å²) < 4.78 is 1.86. The first kappa shape index (κ1) is 15.8. The highest BCUT2D eigenvalue weighted by molar-refractivity contribution is 5.87. The van der Waals surface area contributed by atoms with Crippen LogP contribution in [0.4, 0.5) is 5.82 Å². The average molecular weight is 316 g/mol. The largest absolute Gasteiger partial charge is 0.340 e. The summed E-state index contributed by atoms with van der Waals surface area (Å²) in [7, 11) is 0. The fourth-order valence-electron chi connectivity index (χ4n) is 3.34. The number of nitrogens with zero attached hydrogens (tertiary/aromatic N) is 3.